The number of para-hydroxylation sites is 2. The number of aryl methyl sites for hydroxylation is 2. The fourth-order valence-electron chi connectivity index (χ4n) is 4.58. The number of aromatic nitrogens is 1. The normalized spacial score (nSPS) is 14.3. The third kappa shape index (κ3) is 1.87. The average molecular weight is 337 g/mol. The lowest BCUT2D eigenvalue weighted by Crippen LogP contribution is -1.98. The van der Waals surface area contributed by atoms with Crippen molar-refractivity contribution in [3.8, 4) is 5.69 Å². The number of rotatable bonds is 1. The first kappa shape index (κ1) is 14.2. The van der Waals surface area contributed by atoms with Crippen molar-refractivity contribution in [2.24, 2.45) is 0 Å². The molecule has 0 N–H and O–H groups in total. The second-order valence-corrected chi connectivity index (χ2v) is 7.26. The smallest absolute Gasteiger partial charge is 0.135 e. The molecule has 126 valence electrons. The minimum absolute atomic E-state index is 1.04. The predicted molar refractivity (Wildman–Crippen MR) is 107 cm³/mol. The number of furan rings is 1. The first-order chi connectivity index (χ1) is 12.9. The van der Waals surface area contributed by atoms with Crippen LogP contribution < -0.4 is 0 Å². The van der Waals surface area contributed by atoms with E-state index in [1.807, 2.05) is 0 Å². The van der Waals surface area contributed by atoms with Gasteiger partial charge in [-0.2, -0.15) is 0 Å². The molecule has 1 aliphatic carbocycles. The van der Waals surface area contributed by atoms with Gasteiger partial charge in [-0.1, -0.05) is 36.4 Å². The Labute approximate surface area is 151 Å². The zero-order valence-electron chi connectivity index (χ0n) is 14.5. The van der Waals surface area contributed by atoms with Crippen LogP contribution in [0.5, 0.6) is 0 Å². The highest BCUT2D eigenvalue weighted by atomic mass is 16.3. The number of hydrogen-bond acceptors (Lipinski definition) is 1. The quantitative estimate of drug-likeness (QED) is 0.346. The Morgan fingerprint density at radius 3 is 2.42 bits per heavy atom. The molecule has 0 unspecified atom stereocenters. The third-order valence-corrected chi connectivity index (χ3v) is 5.76. The summed E-state index contributed by atoms with van der Waals surface area (Å²) in [5.74, 6) is 1.20. The summed E-state index contributed by atoms with van der Waals surface area (Å²) in [6.45, 7) is 0. The summed E-state index contributed by atoms with van der Waals surface area (Å²) < 4.78 is 8.63. The minimum atomic E-state index is 1.04. The summed E-state index contributed by atoms with van der Waals surface area (Å²) in [5.41, 5.74) is 6.18. The van der Waals surface area contributed by atoms with Crippen LogP contribution in [-0.4, -0.2) is 4.57 Å². The van der Waals surface area contributed by atoms with Gasteiger partial charge in [-0.15, -0.1) is 0 Å². The molecule has 1 aliphatic rings. The van der Waals surface area contributed by atoms with Crippen LogP contribution >= 0.6 is 0 Å². The molecule has 26 heavy (non-hydrogen) atoms. The van der Waals surface area contributed by atoms with E-state index in [-0.39, 0.29) is 0 Å². The summed E-state index contributed by atoms with van der Waals surface area (Å²) in [6.07, 6.45) is 4.72. The lowest BCUT2D eigenvalue weighted by atomic mass is 9.95. The van der Waals surface area contributed by atoms with Gasteiger partial charge < -0.3 is 8.98 Å². The highest BCUT2D eigenvalue weighted by Gasteiger charge is 2.20. The monoisotopic (exact) mass is 337 g/mol. The van der Waals surface area contributed by atoms with Crippen LogP contribution in [0, 0.1) is 0 Å². The zero-order valence-corrected chi connectivity index (χ0v) is 14.5. The van der Waals surface area contributed by atoms with Crippen LogP contribution in [0.3, 0.4) is 0 Å². The Bertz CT molecular complexity index is 1270. The van der Waals surface area contributed by atoms with Gasteiger partial charge in [0.1, 0.15) is 11.3 Å². The molecular weight excluding hydrogens is 318 g/mol. The van der Waals surface area contributed by atoms with Gasteiger partial charge in [0.05, 0.1) is 11.0 Å². The zero-order chi connectivity index (χ0) is 17.1. The molecule has 0 fully saturated rings. The Balaban J connectivity index is 1.79. The van der Waals surface area contributed by atoms with E-state index in [4.69, 9.17) is 4.42 Å². The Kier molecular flexibility index (Phi) is 2.87. The van der Waals surface area contributed by atoms with Crippen LogP contribution in [0.1, 0.15) is 24.2 Å². The van der Waals surface area contributed by atoms with Crippen LogP contribution in [0.25, 0.3) is 38.5 Å². The minimum Gasteiger partial charge on any atom is -0.461 e. The molecular formula is C24H19NO. The van der Waals surface area contributed by atoms with Crippen molar-refractivity contribution in [2.75, 3.05) is 0 Å². The van der Waals surface area contributed by atoms with E-state index < -0.39 is 0 Å². The summed E-state index contributed by atoms with van der Waals surface area (Å²) in [6, 6.07) is 23.9. The van der Waals surface area contributed by atoms with E-state index in [1.165, 1.54) is 57.0 Å². The Hall–Kier alpha value is -3.00. The van der Waals surface area contributed by atoms with E-state index >= 15 is 0 Å². The maximum absolute atomic E-state index is 6.25. The number of benzene rings is 3. The van der Waals surface area contributed by atoms with Crippen molar-refractivity contribution in [3.05, 3.63) is 78.1 Å². The molecule has 2 nitrogen and oxygen atoms in total. The number of hydrogen-bond donors (Lipinski definition) is 0. The highest BCUT2D eigenvalue weighted by Crippen LogP contribution is 2.38. The van der Waals surface area contributed by atoms with E-state index in [9.17, 15) is 0 Å². The number of fused-ring (bicyclic) bond motifs is 6. The highest BCUT2D eigenvalue weighted by molar-refractivity contribution is 6.13. The summed E-state index contributed by atoms with van der Waals surface area (Å²) in [7, 11) is 0. The van der Waals surface area contributed by atoms with Crippen molar-refractivity contribution in [1.82, 2.24) is 4.57 Å². The summed E-state index contributed by atoms with van der Waals surface area (Å²) >= 11 is 0. The van der Waals surface area contributed by atoms with Crippen molar-refractivity contribution >= 4 is 32.8 Å². The largest absolute Gasteiger partial charge is 0.461 e. The molecule has 0 saturated heterocycles. The van der Waals surface area contributed by atoms with E-state index in [0.29, 0.717) is 0 Å². The van der Waals surface area contributed by atoms with Gasteiger partial charge >= 0.3 is 0 Å². The van der Waals surface area contributed by atoms with E-state index in [1.54, 1.807) is 0 Å². The molecule has 5 aromatic rings. The predicted octanol–water partition coefficient (Wildman–Crippen LogP) is 6.41. The molecule has 0 saturated carbocycles. The fourth-order valence-corrected chi connectivity index (χ4v) is 4.58. The molecule has 0 aliphatic heterocycles. The third-order valence-electron chi connectivity index (χ3n) is 5.76. The van der Waals surface area contributed by atoms with Crippen LogP contribution in [0.4, 0.5) is 0 Å². The average Bonchev–Trinajstić information content (AvgIpc) is 3.22. The lowest BCUT2D eigenvalue weighted by Gasteiger charge is -2.09. The van der Waals surface area contributed by atoms with Crippen LogP contribution in [0.2, 0.25) is 0 Å². The topological polar surface area (TPSA) is 18.1 Å². The standard InChI is InChI=1S/C24H19NO/c1-2-8-16(9-3-1)25-21-12-6-4-10-17(21)19-15-24-20(14-22(19)25)18-11-5-7-13-23(18)26-24/h1-4,6,8-10,12,14-15H,5,7,11,13H2. The Morgan fingerprint density at radius 1 is 0.692 bits per heavy atom. The van der Waals surface area contributed by atoms with E-state index in [2.05, 4.69) is 71.3 Å². The van der Waals surface area contributed by atoms with Crippen LogP contribution in [0.15, 0.2) is 71.1 Å². The van der Waals surface area contributed by atoms with Gasteiger partial charge in [0, 0.05) is 33.8 Å². The molecule has 0 amide bonds. The first-order valence-electron chi connectivity index (χ1n) is 9.43. The Morgan fingerprint density at radius 2 is 1.50 bits per heavy atom. The molecule has 0 bridgehead atoms. The van der Waals surface area contributed by atoms with Gasteiger partial charge in [0.25, 0.3) is 0 Å². The second-order valence-electron chi connectivity index (χ2n) is 7.26. The molecule has 6 rings (SSSR count). The van der Waals surface area contributed by atoms with Crippen molar-refractivity contribution in [2.45, 2.75) is 25.7 Å². The molecule has 0 atom stereocenters. The lowest BCUT2D eigenvalue weighted by molar-refractivity contribution is 0.506. The van der Waals surface area contributed by atoms with Crippen molar-refractivity contribution < 1.29 is 4.42 Å². The van der Waals surface area contributed by atoms with Crippen LogP contribution in [-0.2, 0) is 12.8 Å². The molecule has 0 spiro atoms. The molecule has 0 radical (unpaired) electrons. The summed E-state index contributed by atoms with van der Waals surface area (Å²) in [4.78, 5) is 0. The number of nitrogens with zero attached hydrogens (tertiary/aromatic N) is 1. The molecule has 3 aromatic carbocycles. The molecule has 2 aromatic heterocycles. The van der Waals surface area contributed by atoms with Gasteiger partial charge in [0.15, 0.2) is 0 Å². The fraction of sp³-hybridized carbons (Fsp3) is 0.167. The van der Waals surface area contributed by atoms with E-state index in [0.717, 1.165) is 18.4 Å². The maximum atomic E-state index is 6.25. The van der Waals surface area contributed by atoms with Gasteiger partial charge in [0.2, 0.25) is 0 Å². The first-order valence-corrected chi connectivity index (χ1v) is 9.43. The van der Waals surface area contributed by atoms with Gasteiger partial charge in [-0.25, -0.2) is 0 Å². The maximum Gasteiger partial charge on any atom is 0.135 e. The molecule has 2 heteroatoms. The van der Waals surface area contributed by atoms with Gasteiger partial charge in [-0.3, -0.25) is 0 Å². The van der Waals surface area contributed by atoms with Gasteiger partial charge in [-0.05, 0) is 49.6 Å². The summed E-state index contributed by atoms with van der Waals surface area (Å²) in [5, 5.41) is 3.85. The van der Waals surface area contributed by atoms with Crippen molar-refractivity contribution in [1.29, 1.82) is 0 Å². The second kappa shape index (κ2) is 5.25. The SMILES string of the molecule is c1ccc(-n2c3ccccc3c3cc4oc5c(c4cc32)CCCC5)cc1. The molecule has 2 heterocycles. The van der Waals surface area contributed by atoms with Crippen molar-refractivity contribution in [3.63, 3.8) is 0 Å².